The highest BCUT2D eigenvalue weighted by Crippen LogP contribution is 2.34. The molecule has 0 saturated heterocycles. The molecule has 10 nitrogen and oxygen atoms in total. The van der Waals surface area contributed by atoms with Gasteiger partial charge in [-0.2, -0.15) is 0 Å². The lowest BCUT2D eigenvalue weighted by atomic mass is 10.1. The Morgan fingerprint density at radius 1 is 0.727 bits per heavy atom. The van der Waals surface area contributed by atoms with Crippen LogP contribution < -0.4 is 43.0 Å². The van der Waals surface area contributed by atoms with Crippen molar-refractivity contribution in [2.75, 3.05) is 48.4 Å². The molecule has 0 spiro atoms. The van der Waals surface area contributed by atoms with Gasteiger partial charge in [-0.1, -0.05) is 13.8 Å². The Labute approximate surface area is 194 Å². The van der Waals surface area contributed by atoms with Gasteiger partial charge < -0.3 is 43.0 Å². The number of anilines is 4. The van der Waals surface area contributed by atoms with E-state index in [4.69, 9.17) is 32.4 Å². The van der Waals surface area contributed by atoms with Crippen LogP contribution in [0.5, 0.6) is 11.5 Å². The van der Waals surface area contributed by atoms with Crippen molar-refractivity contribution in [2.24, 2.45) is 11.5 Å². The zero-order chi connectivity index (χ0) is 24.4. The van der Waals surface area contributed by atoms with Crippen molar-refractivity contribution in [1.82, 2.24) is 0 Å². The Balaban J connectivity index is 0.00000187. The van der Waals surface area contributed by atoms with Gasteiger partial charge in [-0.25, -0.2) is 0 Å². The summed E-state index contributed by atoms with van der Waals surface area (Å²) >= 11 is 0. The molecule has 0 saturated carbocycles. The molecule has 10 heteroatoms. The van der Waals surface area contributed by atoms with E-state index in [1.54, 1.807) is 12.1 Å². The molecular weight excluding hydrogens is 424 g/mol. The third-order valence-corrected chi connectivity index (χ3v) is 4.85. The Morgan fingerprint density at radius 3 is 1.48 bits per heavy atom. The second-order valence-corrected chi connectivity index (χ2v) is 7.22. The summed E-state index contributed by atoms with van der Waals surface area (Å²) in [6.45, 7) is 5.92. The summed E-state index contributed by atoms with van der Waals surface area (Å²) < 4.78 is 11.7. The topological polar surface area (TPSA) is 181 Å². The summed E-state index contributed by atoms with van der Waals surface area (Å²) in [4.78, 5) is 23.2. The third-order valence-electron chi connectivity index (χ3n) is 4.85. The van der Waals surface area contributed by atoms with Crippen LogP contribution in [0.3, 0.4) is 0 Å². The van der Waals surface area contributed by atoms with Crippen molar-refractivity contribution in [3.63, 3.8) is 0 Å². The molecule has 0 atom stereocenters. The number of amides is 2. The van der Waals surface area contributed by atoms with E-state index < -0.39 is 11.8 Å². The highest BCUT2D eigenvalue weighted by Gasteiger charge is 2.15. The van der Waals surface area contributed by atoms with Crippen LogP contribution in [-0.2, 0) is 0 Å². The predicted molar refractivity (Wildman–Crippen MR) is 132 cm³/mol. The van der Waals surface area contributed by atoms with E-state index in [-0.39, 0.29) is 11.1 Å². The van der Waals surface area contributed by atoms with Gasteiger partial charge in [-0.05, 0) is 37.1 Å². The summed E-state index contributed by atoms with van der Waals surface area (Å²) in [6, 6.07) is 6.23. The van der Waals surface area contributed by atoms with Gasteiger partial charge in [0.25, 0.3) is 0 Å². The summed E-state index contributed by atoms with van der Waals surface area (Å²) in [6.07, 6.45) is 2.19. The molecule has 180 valence electrons. The molecule has 0 aromatic heterocycles. The number of nitrogens with one attached hydrogen (secondary N) is 2. The molecule has 0 unspecified atom stereocenters. The van der Waals surface area contributed by atoms with Crippen LogP contribution in [0.25, 0.3) is 0 Å². The molecule has 0 bridgehead atoms. The molecule has 2 amide bonds. The molecule has 10 N–H and O–H groups in total. The molecular formula is C23H34N6O4. The number of carbonyl (C=O) groups excluding carboxylic acids is 2. The van der Waals surface area contributed by atoms with E-state index in [2.05, 4.69) is 10.6 Å². The van der Waals surface area contributed by atoms with E-state index in [1.165, 1.54) is 12.1 Å². The molecule has 1 aliphatic rings. The van der Waals surface area contributed by atoms with E-state index in [0.29, 0.717) is 67.0 Å². The number of nitrogen functional groups attached to an aromatic ring is 2. The van der Waals surface area contributed by atoms with Crippen LogP contribution in [0.2, 0.25) is 0 Å². The second-order valence-electron chi connectivity index (χ2n) is 7.22. The maximum Gasteiger partial charge on any atom is 0.248 e. The first kappa shape index (κ1) is 25.4. The Hall–Kier alpha value is -3.82. The number of carbonyl (C=O) groups is 2. The smallest absolute Gasteiger partial charge is 0.248 e. The highest BCUT2D eigenvalue weighted by molar-refractivity contribution is 5.97. The fourth-order valence-corrected chi connectivity index (χ4v) is 3.26. The number of hydrogen-bond acceptors (Lipinski definition) is 8. The molecule has 2 aromatic rings. The van der Waals surface area contributed by atoms with Gasteiger partial charge in [0.1, 0.15) is 22.9 Å². The first-order valence-corrected chi connectivity index (χ1v) is 11.1. The Morgan fingerprint density at radius 2 is 1.12 bits per heavy atom. The minimum atomic E-state index is -0.581. The molecule has 0 radical (unpaired) electrons. The lowest BCUT2D eigenvalue weighted by Gasteiger charge is -2.17. The maximum absolute atomic E-state index is 11.6. The standard InChI is InChI=1S/C21H28N6O4.C2H6/c22-14-8-12(20(24)28)10-16-18(14)26-4-1-2-5-27-19-15(23)9-13(21(25)29)11-17(19)31-7-3-6-30-16;1-2/h8-11,26-27H,1-7,22-23H2,(H2,24,28)(H2,25,29);1-2H3. The van der Waals surface area contributed by atoms with Crippen molar-refractivity contribution < 1.29 is 19.1 Å². The Bertz CT molecular complexity index is 902. The number of hydrogen-bond donors (Lipinski definition) is 6. The number of primary amides is 2. The average molecular weight is 459 g/mol. The third kappa shape index (κ3) is 6.83. The molecule has 0 fully saturated rings. The first-order valence-electron chi connectivity index (χ1n) is 11.1. The van der Waals surface area contributed by atoms with Gasteiger partial charge in [-0.15, -0.1) is 0 Å². The van der Waals surface area contributed by atoms with E-state index in [0.717, 1.165) is 12.8 Å². The fraction of sp³-hybridized carbons (Fsp3) is 0.391. The van der Waals surface area contributed by atoms with Crippen LogP contribution in [0, 0.1) is 0 Å². The van der Waals surface area contributed by atoms with Crippen molar-refractivity contribution in [2.45, 2.75) is 33.1 Å². The van der Waals surface area contributed by atoms with Gasteiger partial charge >= 0.3 is 0 Å². The van der Waals surface area contributed by atoms with Crippen molar-refractivity contribution >= 4 is 34.6 Å². The molecule has 0 aliphatic carbocycles. The molecule has 1 aliphatic heterocycles. The number of ether oxygens (including phenoxy) is 2. The molecule has 3 rings (SSSR count). The summed E-state index contributed by atoms with van der Waals surface area (Å²) in [5.74, 6) is -0.240. The minimum Gasteiger partial charge on any atom is -0.491 e. The van der Waals surface area contributed by atoms with Crippen LogP contribution in [0.1, 0.15) is 53.8 Å². The van der Waals surface area contributed by atoms with Gasteiger partial charge in [0.15, 0.2) is 0 Å². The lowest BCUT2D eigenvalue weighted by molar-refractivity contribution is 0.0991. The van der Waals surface area contributed by atoms with Gasteiger partial charge in [0.05, 0.1) is 24.6 Å². The van der Waals surface area contributed by atoms with Gasteiger partial charge in [0, 0.05) is 30.6 Å². The highest BCUT2D eigenvalue weighted by atomic mass is 16.5. The lowest BCUT2D eigenvalue weighted by Crippen LogP contribution is -2.14. The molecule has 1 heterocycles. The number of rotatable bonds is 2. The van der Waals surface area contributed by atoms with Crippen molar-refractivity contribution in [3.05, 3.63) is 35.4 Å². The summed E-state index contributed by atoms with van der Waals surface area (Å²) in [5.41, 5.74) is 25.6. The number of benzene rings is 2. The van der Waals surface area contributed by atoms with E-state index >= 15 is 0 Å². The summed E-state index contributed by atoms with van der Waals surface area (Å²) in [7, 11) is 0. The number of nitrogens with two attached hydrogens (primary N) is 4. The first-order chi connectivity index (χ1) is 15.9. The molecule has 2 aromatic carbocycles. The predicted octanol–water partition coefficient (Wildman–Crippen LogP) is 2.54. The van der Waals surface area contributed by atoms with Crippen LogP contribution in [0.15, 0.2) is 24.3 Å². The molecule has 33 heavy (non-hydrogen) atoms. The van der Waals surface area contributed by atoms with Crippen molar-refractivity contribution in [1.29, 1.82) is 0 Å². The zero-order valence-corrected chi connectivity index (χ0v) is 19.2. The quantitative estimate of drug-likeness (QED) is 0.371. The Kier molecular flexibility index (Phi) is 9.46. The zero-order valence-electron chi connectivity index (χ0n) is 19.2. The van der Waals surface area contributed by atoms with Gasteiger partial charge in [0.2, 0.25) is 11.8 Å². The average Bonchev–Trinajstić information content (AvgIpc) is 2.79. The minimum absolute atomic E-state index is 0.278. The second kappa shape index (κ2) is 12.3. The van der Waals surface area contributed by atoms with Crippen LogP contribution in [-0.4, -0.2) is 38.1 Å². The fourth-order valence-electron chi connectivity index (χ4n) is 3.26. The van der Waals surface area contributed by atoms with Crippen LogP contribution in [0.4, 0.5) is 22.7 Å². The maximum atomic E-state index is 11.6. The van der Waals surface area contributed by atoms with E-state index in [1.807, 2.05) is 13.8 Å². The normalized spacial score (nSPS) is 14.0. The SMILES string of the molecule is CC.NC(=O)c1cc(N)c2c(c1)OCCCOc1cc(C(N)=O)cc(N)c1NCCCCN2. The largest absolute Gasteiger partial charge is 0.491 e. The van der Waals surface area contributed by atoms with Crippen LogP contribution >= 0.6 is 0 Å². The number of fused-ring (bicyclic) bond motifs is 2. The van der Waals surface area contributed by atoms with Gasteiger partial charge in [-0.3, -0.25) is 9.59 Å². The van der Waals surface area contributed by atoms with E-state index in [9.17, 15) is 9.59 Å². The van der Waals surface area contributed by atoms with Crippen molar-refractivity contribution in [3.8, 4) is 11.5 Å². The monoisotopic (exact) mass is 458 g/mol. The summed E-state index contributed by atoms with van der Waals surface area (Å²) in [5, 5.41) is 6.56.